The van der Waals surface area contributed by atoms with Crippen LogP contribution in [0.15, 0.2) is 52.3 Å². The van der Waals surface area contributed by atoms with Crippen molar-refractivity contribution in [1.82, 2.24) is 0 Å². The van der Waals surface area contributed by atoms with E-state index in [0.29, 0.717) is 23.7 Å². The van der Waals surface area contributed by atoms with Crippen LogP contribution in [0.3, 0.4) is 0 Å². The van der Waals surface area contributed by atoms with Gasteiger partial charge in [0.2, 0.25) is 10.0 Å². The number of nitrogens with zero attached hydrogens (tertiary/aromatic N) is 1. The van der Waals surface area contributed by atoms with Gasteiger partial charge in [-0.2, -0.15) is 0 Å². The third kappa shape index (κ3) is 3.14. The van der Waals surface area contributed by atoms with E-state index in [0.717, 1.165) is 18.1 Å². The molecular weight excluding hydrogens is 372 g/mol. The Balaban J connectivity index is 2.11. The second-order valence-electron chi connectivity index (χ2n) is 5.47. The van der Waals surface area contributed by atoms with E-state index in [-0.39, 0.29) is 9.79 Å². The SMILES string of the molecule is NS(=O)(=O)c1cccc(S(=O)(=O)N2CCCc3cc(Cl)ccc32)c1. The standard InChI is InChI=1S/C15H15ClN2O4S2/c16-12-6-7-15-11(9-12)3-2-8-18(15)24(21,22)14-5-1-4-13(10-14)23(17,19)20/h1,4-7,9-10H,2-3,8H2,(H2,17,19,20). The zero-order valence-corrected chi connectivity index (χ0v) is 14.9. The fourth-order valence-corrected chi connectivity index (χ4v) is 5.14. The summed E-state index contributed by atoms with van der Waals surface area (Å²) in [7, 11) is -7.88. The van der Waals surface area contributed by atoms with Gasteiger partial charge in [-0.05, 0) is 54.8 Å². The summed E-state index contributed by atoms with van der Waals surface area (Å²) in [5, 5.41) is 5.64. The molecule has 1 heterocycles. The van der Waals surface area contributed by atoms with E-state index in [9.17, 15) is 16.8 Å². The number of hydrogen-bond acceptors (Lipinski definition) is 4. The van der Waals surface area contributed by atoms with Crippen LogP contribution in [0.1, 0.15) is 12.0 Å². The van der Waals surface area contributed by atoms with Crippen LogP contribution in [0.25, 0.3) is 0 Å². The fraction of sp³-hybridized carbons (Fsp3) is 0.200. The first-order valence-corrected chi connectivity index (χ1v) is 10.5. The molecule has 0 radical (unpaired) electrons. The van der Waals surface area contributed by atoms with Crippen LogP contribution >= 0.6 is 11.6 Å². The Morgan fingerprint density at radius 3 is 2.42 bits per heavy atom. The Hall–Kier alpha value is -1.61. The fourth-order valence-electron chi connectivity index (χ4n) is 2.72. The number of rotatable bonds is 3. The van der Waals surface area contributed by atoms with Crippen LogP contribution < -0.4 is 9.44 Å². The van der Waals surface area contributed by atoms with E-state index in [1.54, 1.807) is 18.2 Å². The second-order valence-corrected chi connectivity index (χ2v) is 9.33. The predicted octanol–water partition coefficient (Wildman–Crippen LogP) is 2.13. The maximum absolute atomic E-state index is 13.0. The van der Waals surface area contributed by atoms with Crippen molar-refractivity contribution < 1.29 is 16.8 Å². The molecule has 0 atom stereocenters. The number of sulfonamides is 2. The molecule has 9 heteroatoms. The molecule has 1 aliphatic heterocycles. The molecule has 128 valence electrons. The molecular formula is C15H15ClN2O4S2. The molecule has 2 N–H and O–H groups in total. The maximum atomic E-state index is 13.0. The minimum Gasteiger partial charge on any atom is -0.266 e. The molecule has 3 rings (SSSR count). The van der Waals surface area contributed by atoms with Crippen LogP contribution in [0, 0.1) is 0 Å². The quantitative estimate of drug-likeness (QED) is 0.873. The van der Waals surface area contributed by atoms with Crippen molar-refractivity contribution >= 4 is 37.3 Å². The van der Waals surface area contributed by atoms with Gasteiger partial charge in [0.1, 0.15) is 0 Å². The van der Waals surface area contributed by atoms with Gasteiger partial charge in [-0.3, -0.25) is 4.31 Å². The first kappa shape index (κ1) is 17.2. The summed E-state index contributed by atoms with van der Waals surface area (Å²) in [5.41, 5.74) is 1.41. The minimum absolute atomic E-state index is 0.114. The Labute approximate surface area is 146 Å². The zero-order valence-electron chi connectivity index (χ0n) is 12.5. The Kier molecular flexibility index (Phi) is 4.33. The van der Waals surface area contributed by atoms with Gasteiger partial charge >= 0.3 is 0 Å². The van der Waals surface area contributed by atoms with E-state index >= 15 is 0 Å². The molecule has 0 unspecified atom stereocenters. The minimum atomic E-state index is -3.98. The number of fused-ring (bicyclic) bond motifs is 1. The molecule has 24 heavy (non-hydrogen) atoms. The van der Waals surface area contributed by atoms with Crippen LogP contribution in [-0.4, -0.2) is 23.4 Å². The summed E-state index contributed by atoms with van der Waals surface area (Å²) >= 11 is 5.98. The van der Waals surface area contributed by atoms with Gasteiger partial charge in [0, 0.05) is 11.6 Å². The molecule has 6 nitrogen and oxygen atoms in total. The van der Waals surface area contributed by atoms with Crippen molar-refractivity contribution in [3.05, 3.63) is 53.1 Å². The summed E-state index contributed by atoms with van der Waals surface area (Å²) < 4.78 is 50.2. The third-order valence-electron chi connectivity index (χ3n) is 3.84. The molecule has 2 aromatic rings. The molecule has 0 aromatic heterocycles. The first-order valence-electron chi connectivity index (χ1n) is 7.13. The maximum Gasteiger partial charge on any atom is 0.264 e. The van der Waals surface area contributed by atoms with Crippen LogP contribution in [0.4, 0.5) is 5.69 Å². The average Bonchev–Trinajstić information content (AvgIpc) is 2.53. The molecule has 0 bridgehead atoms. The summed E-state index contributed by atoms with van der Waals surface area (Å²) in [6.45, 7) is 0.316. The highest BCUT2D eigenvalue weighted by molar-refractivity contribution is 7.93. The van der Waals surface area contributed by atoms with Gasteiger partial charge in [0.05, 0.1) is 15.5 Å². The monoisotopic (exact) mass is 386 g/mol. The van der Waals surface area contributed by atoms with Crippen LogP contribution in [0.5, 0.6) is 0 Å². The van der Waals surface area contributed by atoms with E-state index in [2.05, 4.69) is 0 Å². The molecule has 0 fully saturated rings. The number of anilines is 1. The van der Waals surface area contributed by atoms with E-state index in [1.807, 2.05) is 0 Å². The molecule has 2 aromatic carbocycles. The summed E-state index contributed by atoms with van der Waals surface area (Å²) in [6, 6.07) is 10.1. The average molecular weight is 387 g/mol. The van der Waals surface area contributed by atoms with E-state index < -0.39 is 20.0 Å². The van der Waals surface area contributed by atoms with Gasteiger partial charge in [-0.15, -0.1) is 0 Å². The topological polar surface area (TPSA) is 97.5 Å². The number of primary sulfonamides is 1. The van der Waals surface area contributed by atoms with Gasteiger partial charge in [0.25, 0.3) is 10.0 Å². The lowest BCUT2D eigenvalue weighted by molar-refractivity contribution is 0.586. The second kappa shape index (κ2) is 6.03. The van der Waals surface area contributed by atoms with Gasteiger partial charge in [-0.25, -0.2) is 22.0 Å². The lowest BCUT2D eigenvalue weighted by atomic mass is 10.0. The van der Waals surface area contributed by atoms with Crippen molar-refractivity contribution in [1.29, 1.82) is 0 Å². The molecule has 0 spiro atoms. The number of halogens is 1. The predicted molar refractivity (Wildman–Crippen MR) is 92.1 cm³/mol. The van der Waals surface area contributed by atoms with Gasteiger partial charge < -0.3 is 0 Å². The highest BCUT2D eigenvalue weighted by atomic mass is 35.5. The first-order chi connectivity index (χ1) is 11.2. The van der Waals surface area contributed by atoms with Gasteiger partial charge in [-0.1, -0.05) is 17.7 Å². The number of hydrogen-bond donors (Lipinski definition) is 1. The largest absolute Gasteiger partial charge is 0.266 e. The normalized spacial score (nSPS) is 15.2. The lowest BCUT2D eigenvalue weighted by Crippen LogP contribution is -2.35. The number of nitrogens with two attached hydrogens (primary N) is 1. The van der Waals surface area contributed by atoms with Crippen LogP contribution in [0.2, 0.25) is 5.02 Å². The van der Waals surface area contributed by atoms with Gasteiger partial charge in [0.15, 0.2) is 0 Å². The van der Waals surface area contributed by atoms with Crippen molar-refractivity contribution in [3.63, 3.8) is 0 Å². The number of aryl methyl sites for hydroxylation is 1. The van der Waals surface area contributed by atoms with Crippen molar-refractivity contribution in [3.8, 4) is 0 Å². The highest BCUT2D eigenvalue weighted by Gasteiger charge is 2.29. The van der Waals surface area contributed by atoms with Crippen LogP contribution in [-0.2, 0) is 26.5 Å². The van der Waals surface area contributed by atoms with E-state index in [1.165, 1.54) is 22.5 Å². The lowest BCUT2D eigenvalue weighted by Gasteiger charge is -2.30. The molecule has 0 saturated heterocycles. The third-order valence-corrected chi connectivity index (χ3v) is 6.79. The van der Waals surface area contributed by atoms with Crippen molar-refractivity contribution in [2.75, 3.05) is 10.8 Å². The summed E-state index contributed by atoms with van der Waals surface area (Å²) in [6.07, 6.45) is 1.39. The zero-order chi connectivity index (χ0) is 17.5. The molecule has 0 aliphatic carbocycles. The number of benzene rings is 2. The summed E-state index contributed by atoms with van der Waals surface area (Å²) in [4.78, 5) is -0.353. The highest BCUT2D eigenvalue weighted by Crippen LogP contribution is 2.33. The molecule has 0 amide bonds. The van der Waals surface area contributed by atoms with E-state index in [4.69, 9.17) is 16.7 Å². The Bertz CT molecular complexity index is 1000. The Morgan fingerprint density at radius 2 is 1.71 bits per heavy atom. The molecule has 1 aliphatic rings. The smallest absolute Gasteiger partial charge is 0.264 e. The van der Waals surface area contributed by atoms with Crippen molar-refractivity contribution in [2.24, 2.45) is 5.14 Å². The Morgan fingerprint density at radius 1 is 1.00 bits per heavy atom. The summed E-state index contributed by atoms with van der Waals surface area (Å²) in [5.74, 6) is 0. The molecule has 0 saturated carbocycles. The van der Waals surface area contributed by atoms with Crippen molar-refractivity contribution in [2.45, 2.75) is 22.6 Å².